The molecule has 3 rings (SSSR count). The van der Waals surface area contributed by atoms with Gasteiger partial charge in [0.15, 0.2) is 0 Å². The Kier molecular flexibility index (Phi) is 4.95. The molecule has 1 aliphatic heterocycles. The van der Waals surface area contributed by atoms with E-state index in [4.69, 9.17) is 0 Å². The van der Waals surface area contributed by atoms with Crippen molar-refractivity contribution in [2.45, 2.75) is 31.6 Å². The number of likely N-dealkylation sites (tertiary alicyclic amines) is 1. The average molecular weight is 313 g/mol. The molecule has 0 radical (unpaired) electrons. The molecule has 1 fully saturated rings. The van der Waals surface area contributed by atoms with Gasteiger partial charge in [0.05, 0.1) is 0 Å². The summed E-state index contributed by atoms with van der Waals surface area (Å²) in [5.41, 5.74) is 1.87. The largest absolute Gasteiger partial charge is 0.342 e. The lowest BCUT2D eigenvalue weighted by atomic mass is 9.94. The number of nitrogens with zero attached hydrogens (tertiary/aromatic N) is 3. The second kappa shape index (κ2) is 7.31. The molecular formula is C18H20FN3O. The van der Waals surface area contributed by atoms with Gasteiger partial charge in [0, 0.05) is 37.3 Å². The number of carbonyl (C=O) groups is 1. The van der Waals surface area contributed by atoms with Crippen LogP contribution < -0.4 is 0 Å². The number of hydrogen-bond donors (Lipinski definition) is 0. The molecule has 2 heterocycles. The summed E-state index contributed by atoms with van der Waals surface area (Å²) < 4.78 is 13.2. The normalized spacial score (nSPS) is 18.0. The highest BCUT2D eigenvalue weighted by atomic mass is 19.1. The fraction of sp³-hybridized carbons (Fsp3) is 0.389. The highest BCUT2D eigenvalue weighted by Gasteiger charge is 2.25. The number of halogens is 1. The van der Waals surface area contributed by atoms with Crippen molar-refractivity contribution in [3.8, 4) is 0 Å². The Hall–Kier alpha value is -2.30. The van der Waals surface area contributed by atoms with E-state index in [1.165, 1.54) is 12.1 Å². The van der Waals surface area contributed by atoms with Crippen LogP contribution in [0, 0.1) is 5.82 Å². The minimum atomic E-state index is -0.253. The van der Waals surface area contributed by atoms with Crippen LogP contribution in [0.2, 0.25) is 0 Å². The molecule has 1 atom stereocenters. The van der Waals surface area contributed by atoms with E-state index in [1.54, 1.807) is 18.6 Å². The number of hydrogen-bond acceptors (Lipinski definition) is 3. The van der Waals surface area contributed by atoms with Crippen LogP contribution in [0.5, 0.6) is 0 Å². The number of rotatable bonds is 4. The molecule has 1 aromatic heterocycles. The number of amides is 1. The van der Waals surface area contributed by atoms with Crippen molar-refractivity contribution in [3.63, 3.8) is 0 Å². The van der Waals surface area contributed by atoms with Crippen LogP contribution in [0.4, 0.5) is 4.39 Å². The van der Waals surface area contributed by atoms with Crippen molar-refractivity contribution in [3.05, 3.63) is 59.9 Å². The summed E-state index contributed by atoms with van der Waals surface area (Å²) in [7, 11) is 0. The van der Waals surface area contributed by atoms with Gasteiger partial charge in [-0.15, -0.1) is 0 Å². The smallest absolute Gasteiger partial charge is 0.222 e. The zero-order valence-corrected chi connectivity index (χ0v) is 13.0. The Morgan fingerprint density at radius 1 is 1.35 bits per heavy atom. The molecule has 1 unspecified atom stereocenters. The summed E-state index contributed by atoms with van der Waals surface area (Å²) in [6.45, 7) is 1.50. The van der Waals surface area contributed by atoms with Crippen LogP contribution in [0.3, 0.4) is 0 Å². The van der Waals surface area contributed by atoms with Crippen LogP contribution >= 0.6 is 0 Å². The van der Waals surface area contributed by atoms with Crippen molar-refractivity contribution in [2.24, 2.45) is 0 Å². The van der Waals surface area contributed by atoms with E-state index < -0.39 is 0 Å². The first-order chi connectivity index (χ1) is 11.2. The van der Waals surface area contributed by atoms with Crippen LogP contribution in [-0.4, -0.2) is 33.9 Å². The number of carbonyl (C=O) groups excluding carboxylic acids is 1. The maximum absolute atomic E-state index is 13.2. The van der Waals surface area contributed by atoms with Gasteiger partial charge in [-0.25, -0.2) is 14.4 Å². The predicted molar refractivity (Wildman–Crippen MR) is 85.3 cm³/mol. The number of aryl methyl sites for hydroxylation is 1. The first-order valence-electron chi connectivity index (χ1n) is 8.00. The predicted octanol–water partition coefficient (Wildman–Crippen LogP) is 2.95. The third kappa shape index (κ3) is 4.12. The molecule has 23 heavy (non-hydrogen) atoms. The summed E-state index contributed by atoms with van der Waals surface area (Å²) in [5, 5.41) is 0. The van der Waals surface area contributed by atoms with Gasteiger partial charge < -0.3 is 4.90 Å². The number of benzene rings is 1. The molecule has 0 aliphatic carbocycles. The van der Waals surface area contributed by atoms with E-state index in [-0.39, 0.29) is 17.6 Å². The monoisotopic (exact) mass is 313 g/mol. The van der Waals surface area contributed by atoms with E-state index in [0.717, 1.165) is 30.6 Å². The maximum atomic E-state index is 13.2. The minimum Gasteiger partial charge on any atom is -0.342 e. The highest BCUT2D eigenvalue weighted by molar-refractivity contribution is 5.76. The van der Waals surface area contributed by atoms with E-state index in [0.29, 0.717) is 19.4 Å². The highest BCUT2D eigenvalue weighted by Crippen LogP contribution is 2.25. The van der Waals surface area contributed by atoms with Crippen LogP contribution in [0.15, 0.2) is 42.9 Å². The zero-order chi connectivity index (χ0) is 16.1. The fourth-order valence-electron chi connectivity index (χ4n) is 3.09. The second-order valence-corrected chi connectivity index (χ2v) is 5.94. The molecule has 2 aromatic rings. The minimum absolute atomic E-state index is 0.132. The second-order valence-electron chi connectivity index (χ2n) is 5.94. The standard InChI is InChI=1S/C18H20FN3O/c19-16-5-1-3-14(11-16)6-7-18(23)22-10-2-4-15(12-22)17-8-9-20-13-21-17/h1,3,5,8-9,11,13,15H,2,4,6-7,10,12H2. The number of aromatic nitrogens is 2. The van der Waals surface area contributed by atoms with E-state index >= 15 is 0 Å². The first-order valence-corrected chi connectivity index (χ1v) is 8.00. The molecule has 1 aliphatic rings. The number of piperidine rings is 1. The molecule has 1 aromatic carbocycles. The molecule has 0 saturated carbocycles. The van der Waals surface area contributed by atoms with Crippen molar-refractivity contribution in [1.82, 2.24) is 14.9 Å². The lowest BCUT2D eigenvalue weighted by molar-refractivity contribution is -0.132. The van der Waals surface area contributed by atoms with Gasteiger partial charge in [-0.3, -0.25) is 4.79 Å². The summed E-state index contributed by atoms with van der Waals surface area (Å²) in [6, 6.07) is 8.37. The molecule has 1 saturated heterocycles. The van der Waals surface area contributed by atoms with Crippen LogP contribution in [0.1, 0.15) is 36.4 Å². The van der Waals surface area contributed by atoms with Crippen molar-refractivity contribution in [2.75, 3.05) is 13.1 Å². The molecule has 5 heteroatoms. The molecule has 4 nitrogen and oxygen atoms in total. The summed E-state index contributed by atoms with van der Waals surface area (Å²) in [5.74, 6) is 0.162. The summed E-state index contributed by atoms with van der Waals surface area (Å²) in [4.78, 5) is 22.6. The Morgan fingerprint density at radius 2 is 2.26 bits per heavy atom. The van der Waals surface area contributed by atoms with Gasteiger partial charge >= 0.3 is 0 Å². The molecule has 0 bridgehead atoms. The lowest BCUT2D eigenvalue weighted by Crippen LogP contribution is -2.39. The van der Waals surface area contributed by atoms with Crippen LogP contribution in [0.25, 0.3) is 0 Å². The van der Waals surface area contributed by atoms with Gasteiger partial charge in [0.25, 0.3) is 0 Å². The van der Waals surface area contributed by atoms with Crippen molar-refractivity contribution in [1.29, 1.82) is 0 Å². The Balaban J connectivity index is 1.57. The summed E-state index contributed by atoms with van der Waals surface area (Å²) >= 11 is 0. The Labute approximate surface area is 135 Å². The van der Waals surface area contributed by atoms with Gasteiger partial charge in [-0.2, -0.15) is 0 Å². The molecule has 0 N–H and O–H groups in total. The molecular weight excluding hydrogens is 293 g/mol. The van der Waals surface area contributed by atoms with Crippen LogP contribution in [-0.2, 0) is 11.2 Å². The molecule has 1 amide bonds. The lowest BCUT2D eigenvalue weighted by Gasteiger charge is -2.32. The third-order valence-electron chi connectivity index (χ3n) is 4.31. The van der Waals surface area contributed by atoms with Gasteiger partial charge in [0.2, 0.25) is 5.91 Å². The first kappa shape index (κ1) is 15.6. The Bertz CT molecular complexity index is 662. The van der Waals surface area contributed by atoms with Crippen molar-refractivity contribution >= 4 is 5.91 Å². The summed E-state index contributed by atoms with van der Waals surface area (Å²) in [6.07, 6.45) is 6.32. The van der Waals surface area contributed by atoms with E-state index in [9.17, 15) is 9.18 Å². The van der Waals surface area contributed by atoms with E-state index in [1.807, 2.05) is 17.0 Å². The Morgan fingerprint density at radius 3 is 3.04 bits per heavy atom. The average Bonchev–Trinajstić information content (AvgIpc) is 2.61. The van der Waals surface area contributed by atoms with Gasteiger partial charge in [-0.1, -0.05) is 12.1 Å². The fourth-order valence-corrected chi connectivity index (χ4v) is 3.09. The van der Waals surface area contributed by atoms with Gasteiger partial charge in [-0.05, 0) is 43.0 Å². The third-order valence-corrected chi connectivity index (χ3v) is 4.31. The SMILES string of the molecule is O=C(CCc1cccc(F)c1)N1CCCC(c2ccncn2)C1. The van der Waals surface area contributed by atoms with Crippen molar-refractivity contribution < 1.29 is 9.18 Å². The van der Waals surface area contributed by atoms with Gasteiger partial charge in [0.1, 0.15) is 12.1 Å². The quantitative estimate of drug-likeness (QED) is 0.872. The zero-order valence-electron chi connectivity index (χ0n) is 13.0. The topological polar surface area (TPSA) is 46.1 Å². The van der Waals surface area contributed by atoms with E-state index in [2.05, 4.69) is 9.97 Å². The maximum Gasteiger partial charge on any atom is 0.222 e. The molecule has 120 valence electrons. The molecule has 0 spiro atoms.